The molecule has 0 aliphatic rings. The van der Waals surface area contributed by atoms with Crippen molar-refractivity contribution in [3.63, 3.8) is 0 Å². The van der Waals surface area contributed by atoms with Gasteiger partial charge in [0.05, 0.1) is 11.4 Å². The highest BCUT2D eigenvalue weighted by Crippen LogP contribution is 2.22. The van der Waals surface area contributed by atoms with Gasteiger partial charge in [0.15, 0.2) is 17.4 Å². The topological polar surface area (TPSA) is 17.1 Å². The molecular weight excluding hydrogens is 265 g/mol. The minimum Gasteiger partial charge on any atom is -0.293 e. The Balaban J connectivity index is 3.33. The molecule has 0 heterocycles. The fourth-order valence-corrected chi connectivity index (χ4v) is 1.51. The largest absolute Gasteiger partial charge is 0.293 e. The Morgan fingerprint density at radius 1 is 1.46 bits per heavy atom. The molecule has 0 aromatic heterocycles. The van der Waals surface area contributed by atoms with Crippen LogP contribution in [0.2, 0.25) is 0 Å². The van der Waals surface area contributed by atoms with Crippen molar-refractivity contribution in [2.75, 3.05) is 5.88 Å². The number of benzene rings is 1. The van der Waals surface area contributed by atoms with Crippen LogP contribution in [0.3, 0.4) is 0 Å². The molecule has 1 nitrogen and oxygen atoms in total. The monoisotopic (exact) mass is 268 g/mol. The molecular formula is C8H4BrClF2O. The van der Waals surface area contributed by atoms with Crippen LogP contribution in [0, 0.1) is 11.6 Å². The highest BCUT2D eigenvalue weighted by atomic mass is 79.9. The van der Waals surface area contributed by atoms with E-state index >= 15 is 0 Å². The summed E-state index contributed by atoms with van der Waals surface area (Å²) < 4.78 is 25.9. The fourth-order valence-electron chi connectivity index (χ4n) is 0.849. The van der Waals surface area contributed by atoms with Crippen molar-refractivity contribution in [2.24, 2.45) is 0 Å². The molecule has 1 aromatic rings. The number of carbonyl (C=O) groups excluding carboxylic acids is 1. The first-order valence-corrected chi connectivity index (χ1v) is 4.63. The van der Waals surface area contributed by atoms with Crippen molar-refractivity contribution in [1.29, 1.82) is 0 Å². The Morgan fingerprint density at radius 2 is 2.08 bits per heavy atom. The van der Waals surface area contributed by atoms with E-state index in [4.69, 9.17) is 11.6 Å². The van der Waals surface area contributed by atoms with Gasteiger partial charge in [-0.25, -0.2) is 8.78 Å². The molecule has 0 saturated heterocycles. The van der Waals surface area contributed by atoms with Gasteiger partial charge < -0.3 is 0 Å². The van der Waals surface area contributed by atoms with Crippen LogP contribution < -0.4 is 0 Å². The van der Waals surface area contributed by atoms with Crippen LogP contribution in [0.5, 0.6) is 0 Å². The number of hydrogen-bond donors (Lipinski definition) is 0. The molecule has 0 saturated carbocycles. The van der Waals surface area contributed by atoms with Crippen LogP contribution >= 0.6 is 27.5 Å². The average molecular weight is 269 g/mol. The first kappa shape index (κ1) is 10.6. The zero-order valence-corrected chi connectivity index (χ0v) is 8.62. The van der Waals surface area contributed by atoms with Crippen LogP contribution in [-0.4, -0.2) is 11.7 Å². The molecule has 1 aromatic carbocycles. The van der Waals surface area contributed by atoms with Gasteiger partial charge in [0.25, 0.3) is 0 Å². The first-order valence-electron chi connectivity index (χ1n) is 3.30. The summed E-state index contributed by atoms with van der Waals surface area (Å²) in [4.78, 5) is 11.0. The number of Topliss-reactive ketones (excluding diaryl/α,β-unsaturated/α-hetero) is 1. The zero-order valence-electron chi connectivity index (χ0n) is 6.28. The number of rotatable bonds is 2. The quantitative estimate of drug-likeness (QED) is 0.458. The van der Waals surface area contributed by atoms with E-state index in [1.165, 1.54) is 6.07 Å². The Bertz CT molecular complexity index is 354. The standard InChI is InChI=1S/C8H4BrClF2O/c9-4-1-2-5(11)8(12)7(4)6(13)3-10/h1-2H,3H2. The lowest BCUT2D eigenvalue weighted by Crippen LogP contribution is -2.06. The molecule has 0 bridgehead atoms. The lowest BCUT2D eigenvalue weighted by atomic mass is 10.1. The Morgan fingerprint density at radius 3 is 2.62 bits per heavy atom. The number of alkyl halides is 1. The number of carbonyl (C=O) groups is 1. The molecule has 70 valence electrons. The summed E-state index contributed by atoms with van der Waals surface area (Å²) in [7, 11) is 0. The summed E-state index contributed by atoms with van der Waals surface area (Å²) in [6.45, 7) is 0. The molecule has 0 atom stereocenters. The van der Waals surface area contributed by atoms with Crippen LogP contribution in [0.4, 0.5) is 8.78 Å². The lowest BCUT2D eigenvalue weighted by Gasteiger charge is -2.02. The summed E-state index contributed by atoms with van der Waals surface area (Å²) in [5, 5.41) is 0. The molecule has 1 rings (SSSR count). The van der Waals surface area contributed by atoms with Gasteiger partial charge in [-0.2, -0.15) is 0 Å². The van der Waals surface area contributed by atoms with E-state index in [2.05, 4.69) is 15.9 Å². The van der Waals surface area contributed by atoms with Crippen molar-refractivity contribution in [3.8, 4) is 0 Å². The Kier molecular flexibility index (Phi) is 3.39. The third-order valence-electron chi connectivity index (χ3n) is 1.44. The molecule has 0 radical (unpaired) electrons. The first-order chi connectivity index (χ1) is 6.07. The third-order valence-corrected chi connectivity index (χ3v) is 2.35. The van der Waals surface area contributed by atoms with E-state index in [0.717, 1.165) is 6.07 Å². The number of ketones is 1. The van der Waals surface area contributed by atoms with Crippen molar-refractivity contribution in [1.82, 2.24) is 0 Å². The van der Waals surface area contributed by atoms with Gasteiger partial charge in [0.1, 0.15) is 0 Å². The van der Waals surface area contributed by atoms with Crippen LogP contribution in [0.25, 0.3) is 0 Å². The van der Waals surface area contributed by atoms with E-state index in [-0.39, 0.29) is 15.9 Å². The number of halogens is 4. The normalized spacial score (nSPS) is 10.2. The summed E-state index contributed by atoms with van der Waals surface area (Å²) >= 11 is 8.16. The van der Waals surface area contributed by atoms with Crippen molar-refractivity contribution >= 4 is 33.3 Å². The summed E-state index contributed by atoms with van der Waals surface area (Å²) in [6, 6.07) is 2.20. The van der Waals surface area contributed by atoms with Gasteiger partial charge in [0, 0.05) is 4.47 Å². The van der Waals surface area contributed by atoms with Crippen LogP contribution in [0.15, 0.2) is 16.6 Å². The molecule has 0 aliphatic carbocycles. The second kappa shape index (κ2) is 4.15. The van der Waals surface area contributed by atoms with Crippen LogP contribution in [0.1, 0.15) is 10.4 Å². The van der Waals surface area contributed by atoms with E-state index in [9.17, 15) is 13.6 Å². The molecule has 0 aliphatic heterocycles. The summed E-state index contributed by atoms with van der Waals surface area (Å²) in [6.07, 6.45) is 0. The Labute approximate surface area is 86.8 Å². The van der Waals surface area contributed by atoms with Crippen molar-refractivity contribution in [2.45, 2.75) is 0 Å². The van der Waals surface area contributed by atoms with E-state index in [1.54, 1.807) is 0 Å². The minimum absolute atomic E-state index is 0.206. The van der Waals surface area contributed by atoms with Gasteiger partial charge in [-0.1, -0.05) is 0 Å². The maximum Gasteiger partial charge on any atom is 0.181 e. The second-order valence-electron chi connectivity index (χ2n) is 2.27. The van der Waals surface area contributed by atoms with E-state index in [1.807, 2.05) is 0 Å². The maximum absolute atomic E-state index is 13.0. The van der Waals surface area contributed by atoms with Crippen molar-refractivity contribution < 1.29 is 13.6 Å². The van der Waals surface area contributed by atoms with Crippen molar-refractivity contribution in [3.05, 3.63) is 33.8 Å². The molecule has 13 heavy (non-hydrogen) atoms. The molecule has 0 unspecified atom stereocenters. The van der Waals surface area contributed by atoms with E-state index < -0.39 is 17.4 Å². The number of hydrogen-bond acceptors (Lipinski definition) is 1. The average Bonchev–Trinajstić information content (AvgIpc) is 2.12. The van der Waals surface area contributed by atoms with Gasteiger partial charge in [0.2, 0.25) is 0 Å². The van der Waals surface area contributed by atoms with E-state index in [0.29, 0.717) is 0 Å². The highest BCUT2D eigenvalue weighted by molar-refractivity contribution is 9.10. The SMILES string of the molecule is O=C(CCl)c1c(Br)ccc(F)c1F. The summed E-state index contributed by atoms with van der Waals surface area (Å²) in [5.74, 6) is -3.25. The summed E-state index contributed by atoms with van der Waals surface area (Å²) in [5.41, 5.74) is -0.338. The predicted molar refractivity (Wildman–Crippen MR) is 49.1 cm³/mol. The smallest absolute Gasteiger partial charge is 0.181 e. The highest BCUT2D eigenvalue weighted by Gasteiger charge is 2.17. The molecule has 0 spiro atoms. The van der Waals surface area contributed by atoms with Gasteiger partial charge in [-0.05, 0) is 28.1 Å². The van der Waals surface area contributed by atoms with Crippen LogP contribution in [-0.2, 0) is 0 Å². The predicted octanol–water partition coefficient (Wildman–Crippen LogP) is 3.15. The molecule has 0 amide bonds. The fraction of sp³-hybridized carbons (Fsp3) is 0.125. The zero-order chi connectivity index (χ0) is 10.0. The molecule has 0 fully saturated rings. The Hall–Kier alpha value is -0.480. The van der Waals surface area contributed by atoms with Gasteiger partial charge in [-0.15, -0.1) is 11.6 Å². The maximum atomic E-state index is 13.0. The molecule has 0 N–H and O–H groups in total. The lowest BCUT2D eigenvalue weighted by molar-refractivity contribution is 0.101. The van der Waals surface area contributed by atoms with Gasteiger partial charge >= 0.3 is 0 Å². The van der Waals surface area contributed by atoms with Gasteiger partial charge in [-0.3, -0.25) is 4.79 Å². The molecule has 5 heteroatoms. The minimum atomic E-state index is -1.17. The third kappa shape index (κ3) is 2.06. The second-order valence-corrected chi connectivity index (χ2v) is 3.40.